The van der Waals surface area contributed by atoms with E-state index in [1.165, 1.54) is 32.1 Å². The Kier molecular flexibility index (Phi) is 7.73. The van der Waals surface area contributed by atoms with Crippen LogP contribution in [0.2, 0.25) is 0 Å². The van der Waals surface area contributed by atoms with E-state index in [1.807, 2.05) is 0 Å². The van der Waals surface area contributed by atoms with Gasteiger partial charge in [0.25, 0.3) is 0 Å². The lowest BCUT2D eigenvalue weighted by molar-refractivity contribution is 0.0145. The molecule has 0 radical (unpaired) electrons. The van der Waals surface area contributed by atoms with Crippen molar-refractivity contribution in [2.45, 2.75) is 50.8 Å². The molecule has 1 rings (SSSR count). The Labute approximate surface area is 95.5 Å². The molecule has 0 bridgehead atoms. The fraction of sp³-hybridized carbons (Fsp3) is 1.00. The average molecular weight is 270 g/mol. The molecule has 0 N–H and O–H groups in total. The molecule has 14 heavy (non-hydrogen) atoms. The molecule has 0 aliphatic carbocycles. The molecule has 5 heteroatoms. The van der Waals surface area contributed by atoms with Gasteiger partial charge in [0, 0.05) is 12.3 Å². The Morgan fingerprint density at radius 1 is 1.57 bits per heavy atom. The monoisotopic (exact) mass is 270 g/mol. The van der Waals surface area contributed by atoms with Crippen LogP contribution in [0.5, 0.6) is 0 Å². The van der Waals surface area contributed by atoms with Crippen LogP contribution in [0.4, 0.5) is 0 Å². The van der Waals surface area contributed by atoms with Crippen LogP contribution in [0.15, 0.2) is 0 Å². The molecule has 6 atom stereocenters. The molecule has 1 aliphatic rings. The van der Waals surface area contributed by atoms with E-state index in [0.717, 1.165) is 20.2 Å². The quantitative estimate of drug-likeness (QED) is 0.673. The third-order valence-corrected chi connectivity index (χ3v) is 14.1. The lowest BCUT2D eigenvalue weighted by atomic mass is 10.0. The summed E-state index contributed by atoms with van der Waals surface area (Å²) < 4.78 is 5.91. The molecular weight excluding hydrogens is 248 g/mol. The highest BCUT2D eigenvalue weighted by atomic mass is 32.6. The Balaban J connectivity index is 2.41. The first-order valence-corrected chi connectivity index (χ1v) is 12.1. The lowest BCUT2D eigenvalue weighted by Crippen LogP contribution is -2.31. The Morgan fingerprint density at radius 3 is 3.00 bits per heavy atom. The van der Waals surface area contributed by atoms with Crippen molar-refractivity contribution >= 4 is 33.1 Å². The van der Waals surface area contributed by atoms with Gasteiger partial charge in [-0.3, -0.25) is 0 Å². The van der Waals surface area contributed by atoms with Crippen LogP contribution in [0.25, 0.3) is 0 Å². The molecule has 0 aromatic rings. The molecule has 0 aromatic heterocycles. The molecule has 1 saturated heterocycles. The molecule has 0 aromatic carbocycles. The highest BCUT2D eigenvalue weighted by molar-refractivity contribution is 8.61. The van der Waals surface area contributed by atoms with E-state index >= 15 is 0 Å². The number of hydrogen-bond acceptors (Lipinski definition) is 1. The molecular formula is C9H22OP4. The predicted octanol–water partition coefficient (Wildman–Crippen LogP) is 4.38. The Morgan fingerprint density at radius 2 is 2.36 bits per heavy atom. The van der Waals surface area contributed by atoms with Crippen molar-refractivity contribution in [1.29, 1.82) is 0 Å². The first kappa shape index (κ1) is 13.7. The van der Waals surface area contributed by atoms with Gasteiger partial charge in [-0.2, -0.15) is 0 Å². The topological polar surface area (TPSA) is 9.23 Å². The summed E-state index contributed by atoms with van der Waals surface area (Å²) in [6.45, 7) is 3.26. The Hall–Kier alpha value is 1.68. The molecule has 0 saturated carbocycles. The standard InChI is InChI=1S/C9H22OP4/c1-2-3-5-8-9(14(12)13-11)6-4-7-10-8/h8-9,13H,2-7,11-12H2,1H3/t8-,9-,14?/m1/s1. The zero-order valence-corrected chi connectivity index (χ0v) is 13.1. The summed E-state index contributed by atoms with van der Waals surface area (Å²) in [5, 5.41) is 0. The van der Waals surface area contributed by atoms with Gasteiger partial charge >= 0.3 is 0 Å². The van der Waals surface area contributed by atoms with Crippen molar-refractivity contribution in [1.82, 2.24) is 0 Å². The first-order valence-electron chi connectivity index (χ1n) is 5.41. The third-order valence-electron chi connectivity index (χ3n) is 2.75. The molecule has 84 valence electrons. The maximum atomic E-state index is 5.91. The van der Waals surface area contributed by atoms with E-state index in [-0.39, 0.29) is 7.30 Å². The third kappa shape index (κ3) is 4.28. The van der Waals surface area contributed by atoms with Gasteiger partial charge in [-0.1, -0.05) is 35.0 Å². The molecule has 1 fully saturated rings. The second kappa shape index (κ2) is 7.87. The van der Waals surface area contributed by atoms with Crippen LogP contribution in [0, 0.1) is 0 Å². The number of hydrogen-bond donors (Lipinski definition) is 0. The number of unbranched alkanes of at least 4 members (excludes halogenated alkanes) is 1. The van der Waals surface area contributed by atoms with Crippen LogP contribution < -0.4 is 0 Å². The summed E-state index contributed by atoms with van der Waals surface area (Å²) in [5.41, 5.74) is 0.853. The molecule has 0 spiro atoms. The second-order valence-electron chi connectivity index (χ2n) is 3.80. The summed E-state index contributed by atoms with van der Waals surface area (Å²) in [6, 6.07) is 0. The van der Waals surface area contributed by atoms with Crippen molar-refractivity contribution in [3.05, 3.63) is 0 Å². The summed E-state index contributed by atoms with van der Waals surface area (Å²) in [7, 11) is 7.13. The summed E-state index contributed by atoms with van der Waals surface area (Å²) >= 11 is 0. The second-order valence-corrected chi connectivity index (χ2v) is 13.4. The van der Waals surface area contributed by atoms with Crippen molar-refractivity contribution in [3.8, 4) is 0 Å². The van der Waals surface area contributed by atoms with Gasteiger partial charge in [-0.15, -0.1) is 17.9 Å². The van der Waals surface area contributed by atoms with E-state index in [2.05, 4.69) is 24.8 Å². The van der Waals surface area contributed by atoms with Crippen molar-refractivity contribution < 1.29 is 4.74 Å². The SMILES string of the molecule is CCCC[C@H]1OCCC[C@H]1P(P)PP. The van der Waals surface area contributed by atoms with Crippen molar-refractivity contribution in [3.63, 3.8) is 0 Å². The molecule has 1 nitrogen and oxygen atoms in total. The number of rotatable bonds is 5. The minimum Gasteiger partial charge on any atom is -0.378 e. The van der Waals surface area contributed by atoms with Crippen LogP contribution in [-0.2, 0) is 4.74 Å². The van der Waals surface area contributed by atoms with Crippen LogP contribution >= 0.6 is 33.1 Å². The van der Waals surface area contributed by atoms with Crippen LogP contribution in [-0.4, -0.2) is 18.4 Å². The van der Waals surface area contributed by atoms with Crippen LogP contribution in [0.3, 0.4) is 0 Å². The van der Waals surface area contributed by atoms with Gasteiger partial charge in [-0.25, -0.2) is 0 Å². The zero-order valence-electron chi connectivity index (χ0n) is 8.91. The summed E-state index contributed by atoms with van der Waals surface area (Å²) in [6.07, 6.45) is 7.14. The molecule has 4 unspecified atom stereocenters. The average Bonchev–Trinajstić information content (AvgIpc) is 2.25. The highest BCUT2D eigenvalue weighted by Gasteiger charge is 2.29. The Bertz CT molecular complexity index is 156. The fourth-order valence-corrected chi connectivity index (χ4v) is 7.37. The maximum Gasteiger partial charge on any atom is 0.0648 e. The van der Waals surface area contributed by atoms with E-state index in [1.54, 1.807) is 0 Å². The largest absolute Gasteiger partial charge is 0.378 e. The van der Waals surface area contributed by atoms with Gasteiger partial charge < -0.3 is 4.74 Å². The van der Waals surface area contributed by atoms with Gasteiger partial charge in [0.1, 0.15) is 0 Å². The first-order chi connectivity index (χ1) is 6.79. The van der Waals surface area contributed by atoms with Crippen molar-refractivity contribution in [2.75, 3.05) is 6.61 Å². The van der Waals surface area contributed by atoms with Gasteiger partial charge in [-0.05, 0) is 19.3 Å². The molecule has 0 amide bonds. The van der Waals surface area contributed by atoms with Gasteiger partial charge in [0.15, 0.2) is 0 Å². The normalized spacial score (nSPS) is 31.1. The number of ether oxygens (including phenoxy) is 1. The fourth-order valence-electron chi connectivity index (χ4n) is 1.92. The smallest absolute Gasteiger partial charge is 0.0648 e. The highest BCUT2D eigenvalue weighted by Crippen LogP contribution is 2.71. The van der Waals surface area contributed by atoms with E-state index in [0.29, 0.717) is 6.10 Å². The van der Waals surface area contributed by atoms with E-state index in [9.17, 15) is 0 Å². The maximum absolute atomic E-state index is 5.91. The summed E-state index contributed by atoms with van der Waals surface area (Å²) in [5.74, 6) is 0. The van der Waals surface area contributed by atoms with Crippen LogP contribution in [0.1, 0.15) is 39.0 Å². The summed E-state index contributed by atoms with van der Waals surface area (Å²) in [4.78, 5) is 0. The van der Waals surface area contributed by atoms with E-state index < -0.39 is 0 Å². The van der Waals surface area contributed by atoms with Gasteiger partial charge in [0.05, 0.1) is 6.10 Å². The molecule has 1 heterocycles. The minimum atomic E-state index is 0.130. The predicted molar refractivity (Wildman–Crippen MR) is 76.9 cm³/mol. The van der Waals surface area contributed by atoms with Gasteiger partial charge in [0.2, 0.25) is 0 Å². The zero-order chi connectivity index (χ0) is 10.4. The lowest BCUT2D eigenvalue weighted by Gasteiger charge is -2.35. The molecule has 1 aliphatic heterocycles. The van der Waals surface area contributed by atoms with E-state index in [4.69, 9.17) is 4.74 Å². The minimum absolute atomic E-state index is 0.130. The van der Waals surface area contributed by atoms with Crippen molar-refractivity contribution in [2.24, 2.45) is 0 Å².